The second-order valence-electron chi connectivity index (χ2n) is 11.3. The molecule has 0 amide bonds. The Morgan fingerprint density at radius 2 is 1.53 bits per heavy atom. The Morgan fingerprint density at radius 3 is 2.20 bits per heavy atom. The van der Waals surface area contributed by atoms with E-state index in [1.807, 2.05) is 42.5 Å². The summed E-state index contributed by atoms with van der Waals surface area (Å²) in [5, 5.41) is 18.9. The van der Waals surface area contributed by atoms with Crippen molar-refractivity contribution in [3.8, 4) is 0 Å². The lowest BCUT2D eigenvalue weighted by molar-refractivity contribution is -0.146. The molecule has 1 atom stereocenters. The fraction of sp³-hybridized carbons (Fsp3) is 0.378. The highest BCUT2D eigenvalue weighted by Crippen LogP contribution is 2.39. The number of azo groups is 2. The van der Waals surface area contributed by atoms with Crippen molar-refractivity contribution in [2.24, 2.45) is 26.4 Å². The van der Waals surface area contributed by atoms with E-state index in [-0.39, 0.29) is 17.9 Å². The summed E-state index contributed by atoms with van der Waals surface area (Å²) in [5.74, 6) is -0.915. The van der Waals surface area contributed by atoms with Crippen LogP contribution in [0.2, 0.25) is 0 Å². The number of anilines is 1. The molecule has 2 aromatic carbocycles. The molecule has 12 heteroatoms. The Balaban J connectivity index is 1.19. The maximum Gasteiger partial charge on any atom is 0.330 e. The normalized spacial score (nSPS) is 12.0. The van der Waals surface area contributed by atoms with Crippen molar-refractivity contribution in [1.82, 2.24) is 4.98 Å². The van der Waals surface area contributed by atoms with Crippen LogP contribution in [0.25, 0.3) is 9.53 Å². The van der Waals surface area contributed by atoms with Gasteiger partial charge in [0.25, 0.3) is 0 Å². The Morgan fingerprint density at radius 1 is 0.857 bits per heavy atom. The van der Waals surface area contributed by atoms with Gasteiger partial charge in [-0.3, -0.25) is 4.79 Å². The lowest BCUT2D eigenvalue weighted by atomic mass is 10.1. The second-order valence-corrected chi connectivity index (χ2v) is 13.4. The number of carbonyl (C=O) groups is 2. The summed E-state index contributed by atoms with van der Waals surface area (Å²) >= 11 is 2.93. The Labute approximate surface area is 296 Å². The maximum absolute atomic E-state index is 11.8. The third-order valence-electron chi connectivity index (χ3n) is 7.71. The minimum Gasteiger partial charge on any atom is -0.465 e. The Bertz CT molecular complexity index is 1680. The van der Waals surface area contributed by atoms with Gasteiger partial charge in [-0.15, -0.1) is 27.0 Å². The van der Waals surface area contributed by atoms with Crippen LogP contribution >= 0.6 is 22.7 Å². The minimum absolute atomic E-state index is 0.264. The minimum atomic E-state index is -0.347. The summed E-state index contributed by atoms with van der Waals surface area (Å²) in [6.07, 6.45) is 10.0. The molecule has 0 fully saturated rings. The smallest absolute Gasteiger partial charge is 0.330 e. The average molecular weight is 701 g/mol. The Kier molecular flexibility index (Phi) is 15.3. The molecule has 1 unspecified atom stereocenters. The quantitative estimate of drug-likeness (QED) is 0.0281. The molecule has 0 aliphatic heterocycles. The molecular formula is C37H44N6O4S2. The lowest BCUT2D eigenvalue weighted by Crippen LogP contribution is -2.23. The van der Waals surface area contributed by atoms with Crippen LogP contribution in [0, 0.1) is 5.92 Å². The second kappa shape index (κ2) is 20.1. The van der Waals surface area contributed by atoms with Gasteiger partial charge in [0.15, 0.2) is 0 Å². The van der Waals surface area contributed by atoms with Crippen LogP contribution in [0.3, 0.4) is 0 Å². The van der Waals surface area contributed by atoms with Gasteiger partial charge in [-0.25, -0.2) is 9.78 Å². The maximum atomic E-state index is 11.8. The summed E-state index contributed by atoms with van der Waals surface area (Å²) in [5.41, 5.74) is 3.75. The molecule has 0 aliphatic carbocycles. The molecular weight excluding hydrogens is 657 g/mol. The molecule has 4 rings (SSSR count). The van der Waals surface area contributed by atoms with Crippen LogP contribution in [0.5, 0.6) is 0 Å². The van der Waals surface area contributed by atoms with Crippen molar-refractivity contribution in [3.63, 3.8) is 0 Å². The summed E-state index contributed by atoms with van der Waals surface area (Å²) in [6, 6.07) is 17.8. The SMILES string of the molecule is C=CC(=O)OCCCCCCCCN(CC)c1ccc(N=Nc2nc3sc(N=Nc4ccc(CCOC(=O)C(C)C=C)cc4)cc3s2)cc1. The highest BCUT2D eigenvalue weighted by Gasteiger charge is 2.11. The fourth-order valence-electron chi connectivity index (χ4n) is 4.78. The van der Waals surface area contributed by atoms with E-state index in [1.165, 1.54) is 47.3 Å². The molecule has 0 saturated heterocycles. The molecule has 0 N–H and O–H groups in total. The predicted octanol–water partition coefficient (Wildman–Crippen LogP) is 11.0. The summed E-state index contributed by atoms with van der Waals surface area (Å²) in [6.45, 7) is 13.7. The van der Waals surface area contributed by atoms with Crippen LogP contribution in [0.4, 0.5) is 27.2 Å². The van der Waals surface area contributed by atoms with Crippen LogP contribution in [0.1, 0.15) is 57.9 Å². The topological polar surface area (TPSA) is 118 Å². The van der Waals surface area contributed by atoms with Crippen molar-refractivity contribution in [2.75, 3.05) is 31.2 Å². The number of esters is 2. The van der Waals surface area contributed by atoms with Crippen molar-refractivity contribution in [3.05, 3.63) is 85.5 Å². The molecule has 10 nitrogen and oxygen atoms in total. The number of ether oxygens (including phenoxy) is 2. The molecule has 258 valence electrons. The first-order valence-electron chi connectivity index (χ1n) is 16.6. The summed E-state index contributed by atoms with van der Waals surface area (Å²) in [7, 11) is 0. The van der Waals surface area contributed by atoms with Crippen molar-refractivity contribution in [2.45, 2.75) is 58.8 Å². The number of nitrogens with zero attached hydrogens (tertiary/aromatic N) is 6. The van der Waals surface area contributed by atoms with Crippen LogP contribution < -0.4 is 4.90 Å². The number of fused-ring (bicyclic) bond motifs is 1. The number of thiazole rings is 1. The molecule has 49 heavy (non-hydrogen) atoms. The largest absolute Gasteiger partial charge is 0.465 e. The van der Waals surface area contributed by atoms with Crippen LogP contribution in [0.15, 0.2) is 100 Å². The molecule has 0 radical (unpaired) electrons. The number of hydrogen-bond acceptors (Lipinski definition) is 12. The number of benzene rings is 2. The zero-order valence-corrected chi connectivity index (χ0v) is 29.9. The van der Waals surface area contributed by atoms with Crippen molar-refractivity contribution in [1.29, 1.82) is 0 Å². The number of hydrogen-bond donors (Lipinski definition) is 0. The molecule has 0 aliphatic rings. The van der Waals surface area contributed by atoms with E-state index in [9.17, 15) is 9.59 Å². The van der Waals surface area contributed by atoms with E-state index in [4.69, 9.17) is 9.47 Å². The van der Waals surface area contributed by atoms with Gasteiger partial charge in [0, 0.05) is 31.3 Å². The van der Waals surface area contributed by atoms with Gasteiger partial charge in [0.1, 0.15) is 9.83 Å². The van der Waals surface area contributed by atoms with Gasteiger partial charge in [-0.1, -0.05) is 73.1 Å². The zero-order chi connectivity index (χ0) is 34.8. The summed E-state index contributed by atoms with van der Waals surface area (Å²) in [4.78, 5) is 30.7. The van der Waals surface area contributed by atoms with Gasteiger partial charge in [0.2, 0.25) is 5.13 Å². The highest BCUT2D eigenvalue weighted by molar-refractivity contribution is 7.30. The van der Waals surface area contributed by atoms with Gasteiger partial charge < -0.3 is 14.4 Å². The first kappa shape index (κ1) is 37.3. The number of rotatable bonds is 21. The highest BCUT2D eigenvalue weighted by atomic mass is 32.1. The first-order chi connectivity index (χ1) is 23.9. The predicted molar refractivity (Wildman–Crippen MR) is 200 cm³/mol. The Hall–Kier alpha value is -4.55. The van der Waals surface area contributed by atoms with Gasteiger partial charge in [-0.2, -0.15) is 0 Å². The number of thiophene rings is 1. The third-order valence-corrected chi connectivity index (χ3v) is 9.64. The van der Waals surface area contributed by atoms with Crippen molar-refractivity contribution < 1.29 is 19.1 Å². The zero-order valence-electron chi connectivity index (χ0n) is 28.3. The average Bonchev–Trinajstić information content (AvgIpc) is 3.69. The molecule has 2 heterocycles. The summed E-state index contributed by atoms with van der Waals surface area (Å²) < 4.78 is 11.3. The van der Waals surface area contributed by atoms with Crippen LogP contribution in [-0.2, 0) is 25.5 Å². The standard InChI is InChI=1S/C37H44N6O4S2/c1-5-27(4)36(45)47-25-22-28-14-16-29(17-15-28)39-41-33-26-32-35(49-33)38-37(48-32)42-40-30-18-20-31(21-19-30)43(7-3)23-12-10-8-9-11-13-24-46-34(44)6-2/h5-6,14-21,26-27H,1-2,7-13,22-25H2,3-4H3. The molecule has 0 saturated carbocycles. The van der Waals surface area contributed by atoms with Crippen molar-refractivity contribution >= 4 is 71.3 Å². The fourth-order valence-corrected chi connectivity index (χ4v) is 6.63. The van der Waals surface area contributed by atoms with Crippen LogP contribution in [-0.4, -0.2) is 43.2 Å². The third kappa shape index (κ3) is 12.4. The lowest BCUT2D eigenvalue weighted by Gasteiger charge is -2.23. The number of unbranched alkanes of at least 4 members (excludes halogenated alkanes) is 5. The molecule has 0 spiro atoms. The van der Waals surface area contributed by atoms with E-state index < -0.39 is 0 Å². The monoisotopic (exact) mass is 700 g/mol. The number of carbonyl (C=O) groups excluding carboxylic acids is 2. The van der Waals surface area contributed by atoms with Gasteiger partial charge >= 0.3 is 11.9 Å². The molecule has 0 bridgehead atoms. The van der Waals surface area contributed by atoms with E-state index >= 15 is 0 Å². The molecule has 2 aromatic heterocycles. The van der Waals surface area contributed by atoms with E-state index in [1.54, 1.807) is 13.0 Å². The number of aromatic nitrogens is 1. The van der Waals surface area contributed by atoms with E-state index in [2.05, 4.69) is 62.6 Å². The first-order valence-corrected chi connectivity index (χ1v) is 18.3. The molecule has 4 aromatic rings. The van der Waals surface area contributed by atoms with E-state index in [0.717, 1.165) is 70.2 Å². The van der Waals surface area contributed by atoms with E-state index in [0.29, 0.717) is 24.8 Å². The van der Waals surface area contributed by atoms with Gasteiger partial charge in [-0.05, 0) is 74.7 Å². The van der Waals surface area contributed by atoms with Gasteiger partial charge in [0.05, 0.1) is 35.2 Å².